The maximum absolute atomic E-state index is 12.7. The van der Waals surface area contributed by atoms with Crippen LogP contribution in [0.15, 0.2) is 23.6 Å². The fourth-order valence-corrected chi connectivity index (χ4v) is 4.67. The number of aromatic nitrogens is 1. The standard InChI is InChI=1S/C19H17N3O3S/c23-16-6-5-15(17(24)21-16)22-8-12-7-11(3-4-13(12)19(22)25)14-9-26-18(20-14)10-1-2-10/h3-4,7,9-10,15H,1-2,5-6,8H2,(H,21,23,24). The van der Waals surface area contributed by atoms with Gasteiger partial charge in [-0.1, -0.05) is 6.07 Å². The Morgan fingerprint density at radius 1 is 1.15 bits per heavy atom. The molecule has 5 rings (SSSR count). The Bertz CT molecular complexity index is 947. The van der Waals surface area contributed by atoms with E-state index in [1.165, 1.54) is 17.8 Å². The number of carbonyl (C=O) groups is 3. The van der Waals surface area contributed by atoms with Gasteiger partial charge in [-0.25, -0.2) is 4.98 Å². The Labute approximate surface area is 154 Å². The molecule has 1 aromatic heterocycles. The number of benzene rings is 1. The number of rotatable bonds is 3. The number of nitrogens with one attached hydrogen (secondary N) is 1. The van der Waals surface area contributed by atoms with Crippen molar-refractivity contribution < 1.29 is 14.4 Å². The van der Waals surface area contributed by atoms with Crippen LogP contribution in [0.25, 0.3) is 11.3 Å². The first-order chi connectivity index (χ1) is 12.6. The Balaban J connectivity index is 1.41. The maximum Gasteiger partial charge on any atom is 0.255 e. The number of piperidine rings is 1. The summed E-state index contributed by atoms with van der Waals surface area (Å²) in [7, 11) is 0. The fourth-order valence-electron chi connectivity index (χ4n) is 3.67. The molecular formula is C19H17N3O3S. The molecular weight excluding hydrogens is 350 g/mol. The smallest absolute Gasteiger partial charge is 0.255 e. The van der Waals surface area contributed by atoms with E-state index >= 15 is 0 Å². The van der Waals surface area contributed by atoms with Crippen LogP contribution in [0.5, 0.6) is 0 Å². The minimum Gasteiger partial charge on any atom is -0.322 e. The molecule has 3 heterocycles. The normalized spacial score (nSPS) is 22.5. The molecule has 26 heavy (non-hydrogen) atoms. The molecule has 0 spiro atoms. The van der Waals surface area contributed by atoms with Gasteiger partial charge in [-0.15, -0.1) is 11.3 Å². The molecule has 2 aromatic rings. The third-order valence-corrected chi connectivity index (χ3v) is 6.28. The van der Waals surface area contributed by atoms with E-state index in [-0.39, 0.29) is 24.1 Å². The summed E-state index contributed by atoms with van der Waals surface area (Å²) < 4.78 is 0. The minimum absolute atomic E-state index is 0.141. The Hall–Kier alpha value is -2.54. The molecule has 6 nitrogen and oxygen atoms in total. The Morgan fingerprint density at radius 2 is 2.00 bits per heavy atom. The first-order valence-electron chi connectivity index (χ1n) is 8.83. The van der Waals surface area contributed by atoms with Crippen LogP contribution in [0.2, 0.25) is 0 Å². The van der Waals surface area contributed by atoms with E-state index in [1.807, 2.05) is 18.2 Å². The van der Waals surface area contributed by atoms with Gasteiger partial charge >= 0.3 is 0 Å². The molecule has 1 aliphatic carbocycles. The molecule has 1 N–H and O–H groups in total. The molecule has 1 saturated carbocycles. The van der Waals surface area contributed by atoms with E-state index in [0.29, 0.717) is 24.4 Å². The summed E-state index contributed by atoms with van der Waals surface area (Å²) in [6.45, 7) is 0.397. The third-order valence-electron chi connectivity index (χ3n) is 5.27. The Kier molecular flexibility index (Phi) is 3.46. The van der Waals surface area contributed by atoms with E-state index < -0.39 is 6.04 Å². The van der Waals surface area contributed by atoms with Gasteiger partial charge in [0.25, 0.3) is 5.91 Å². The van der Waals surface area contributed by atoms with Gasteiger partial charge in [-0.2, -0.15) is 0 Å². The van der Waals surface area contributed by atoms with Crippen molar-refractivity contribution in [3.8, 4) is 11.3 Å². The summed E-state index contributed by atoms with van der Waals surface area (Å²) in [6, 6.07) is 5.19. The molecule has 2 aliphatic heterocycles. The quantitative estimate of drug-likeness (QED) is 0.845. The second-order valence-electron chi connectivity index (χ2n) is 7.12. The highest BCUT2D eigenvalue weighted by atomic mass is 32.1. The molecule has 3 amide bonds. The van der Waals surface area contributed by atoms with Gasteiger partial charge in [0.15, 0.2) is 0 Å². The third kappa shape index (κ3) is 2.54. The molecule has 0 radical (unpaired) electrons. The van der Waals surface area contributed by atoms with Gasteiger partial charge in [0.1, 0.15) is 6.04 Å². The molecule has 7 heteroatoms. The first kappa shape index (κ1) is 15.7. The molecule has 1 saturated heterocycles. The first-order valence-corrected chi connectivity index (χ1v) is 9.71. The van der Waals surface area contributed by atoms with Crippen molar-refractivity contribution in [3.05, 3.63) is 39.7 Å². The SMILES string of the molecule is O=C1CCC(N2Cc3cc(-c4csc(C5CC5)n4)ccc3C2=O)C(=O)N1. The minimum atomic E-state index is -0.572. The van der Waals surface area contributed by atoms with E-state index in [2.05, 4.69) is 10.7 Å². The van der Waals surface area contributed by atoms with Gasteiger partial charge in [0.2, 0.25) is 11.8 Å². The lowest BCUT2D eigenvalue weighted by Gasteiger charge is -2.29. The highest BCUT2D eigenvalue weighted by Gasteiger charge is 2.39. The van der Waals surface area contributed by atoms with Crippen molar-refractivity contribution >= 4 is 29.1 Å². The second kappa shape index (κ2) is 5.74. The number of imide groups is 1. The van der Waals surface area contributed by atoms with Crippen molar-refractivity contribution in [2.24, 2.45) is 0 Å². The zero-order valence-corrected chi connectivity index (χ0v) is 14.8. The molecule has 1 aromatic carbocycles. The molecule has 1 unspecified atom stereocenters. The molecule has 132 valence electrons. The number of hydrogen-bond donors (Lipinski definition) is 1. The van der Waals surface area contributed by atoms with Gasteiger partial charge < -0.3 is 4.90 Å². The monoisotopic (exact) mass is 367 g/mol. The fraction of sp³-hybridized carbons (Fsp3) is 0.368. The van der Waals surface area contributed by atoms with Gasteiger partial charge in [-0.05, 0) is 37.0 Å². The topological polar surface area (TPSA) is 79.4 Å². The lowest BCUT2D eigenvalue weighted by molar-refractivity contribution is -0.136. The van der Waals surface area contributed by atoms with Crippen molar-refractivity contribution in [2.75, 3.05) is 0 Å². The van der Waals surface area contributed by atoms with Crippen LogP contribution >= 0.6 is 11.3 Å². The lowest BCUT2D eigenvalue weighted by Crippen LogP contribution is -2.52. The lowest BCUT2D eigenvalue weighted by atomic mass is 10.0. The van der Waals surface area contributed by atoms with Crippen LogP contribution in [0.1, 0.15) is 52.5 Å². The van der Waals surface area contributed by atoms with Gasteiger partial charge in [-0.3, -0.25) is 19.7 Å². The summed E-state index contributed by atoms with van der Waals surface area (Å²) in [5.74, 6) is -0.158. The van der Waals surface area contributed by atoms with Crippen molar-refractivity contribution in [3.63, 3.8) is 0 Å². The van der Waals surface area contributed by atoms with Crippen molar-refractivity contribution in [1.29, 1.82) is 0 Å². The summed E-state index contributed by atoms with van der Waals surface area (Å²) in [5.41, 5.74) is 3.51. The predicted molar refractivity (Wildman–Crippen MR) is 95.6 cm³/mol. The number of thiazole rings is 1. The number of hydrogen-bond acceptors (Lipinski definition) is 5. The highest BCUT2D eigenvalue weighted by Crippen LogP contribution is 2.42. The van der Waals surface area contributed by atoms with E-state index in [0.717, 1.165) is 16.8 Å². The van der Waals surface area contributed by atoms with E-state index in [1.54, 1.807) is 16.2 Å². The summed E-state index contributed by atoms with van der Waals surface area (Å²) in [4.78, 5) is 42.5. The number of fused-ring (bicyclic) bond motifs is 1. The average molecular weight is 367 g/mol. The van der Waals surface area contributed by atoms with Crippen LogP contribution in [-0.4, -0.2) is 33.6 Å². The molecule has 0 bridgehead atoms. The van der Waals surface area contributed by atoms with Crippen LogP contribution in [0, 0.1) is 0 Å². The van der Waals surface area contributed by atoms with Crippen LogP contribution in [-0.2, 0) is 16.1 Å². The van der Waals surface area contributed by atoms with Crippen LogP contribution < -0.4 is 5.32 Å². The zero-order chi connectivity index (χ0) is 17.8. The van der Waals surface area contributed by atoms with Crippen molar-refractivity contribution in [1.82, 2.24) is 15.2 Å². The molecule has 3 aliphatic rings. The van der Waals surface area contributed by atoms with Crippen molar-refractivity contribution in [2.45, 2.75) is 44.2 Å². The van der Waals surface area contributed by atoms with Gasteiger partial charge in [0, 0.05) is 35.4 Å². The second-order valence-corrected chi connectivity index (χ2v) is 8.01. The van der Waals surface area contributed by atoms with Crippen LogP contribution in [0.4, 0.5) is 0 Å². The molecule has 2 fully saturated rings. The number of carbonyl (C=O) groups excluding carboxylic acids is 3. The van der Waals surface area contributed by atoms with Crippen LogP contribution in [0.3, 0.4) is 0 Å². The molecule has 1 atom stereocenters. The summed E-state index contributed by atoms with van der Waals surface area (Å²) in [5, 5.41) is 5.60. The number of nitrogens with zero attached hydrogens (tertiary/aromatic N) is 2. The summed E-state index contributed by atoms with van der Waals surface area (Å²) in [6.07, 6.45) is 3.11. The zero-order valence-electron chi connectivity index (χ0n) is 14.0. The maximum atomic E-state index is 12.7. The summed E-state index contributed by atoms with van der Waals surface area (Å²) >= 11 is 1.70. The van der Waals surface area contributed by atoms with E-state index in [9.17, 15) is 14.4 Å². The van der Waals surface area contributed by atoms with E-state index in [4.69, 9.17) is 4.98 Å². The highest BCUT2D eigenvalue weighted by molar-refractivity contribution is 7.10. The predicted octanol–water partition coefficient (Wildman–Crippen LogP) is 2.45. The average Bonchev–Trinajstić information content (AvgIpc) is 3.27. The number of amides is 3. The van der Waals surface area contributed by atoms with Gasteiger partial charge in [0.05, 0.1) is 10.7 Å². The largest absolute Gasteiger partial charge is 0.322 e. The Morgan fingerprint density at radius 3 is 2.77 bits per heavy atom.